The minimum absolute atomic E-state index is 0.0123. The number of hydrogen-bond donors (Lipinski definition) is 6. The Morgan fingerprint density at radius 3 is 2.46 bits per heavy atom. The lowest BCUT2D eigenvalue weighted by Crippen LogP contribution is -2.35. The van der Waals surface area contributed by atoms with Crippen molar-refractivity contribution in [3.05, 3.63) is 208 Å². The van der Waals surface area contributed by atoms with Crippen LogP contribution in [0.1, 0.15) is 122 Å². The van der Waals surface area contributed by atoms with Crippen LogP contribution >= 0.6 is 0 Å². The summed E-state index contributed by atoms with van der Waals surface area (Å²) in [6.45, 7) is 5.97. The number of carbonyl (C=O) groups excluding carboxylic acids is 3. The van der Waals surface area contributed by atoms with Gasteiger partial charge in [-0.2, -0.15) is 0 Å². The van der Waals surface area contributed by atoms with E-state index in [0.29, 0.717) is 63.6 Å². The van der Waals surface area contributed by atoms with Crippen LogP contribution in [0.5, 0.6) is 34.5 Å². The number of benzene rings is 5. The Balaban J connectivity index is 1.08. The third kappa shape index (κ3) is 12.1. The van der Waals surface area contributed by atoms with Crippen LogP contribution in [0.3, 0.4) is 0 Å². The maximum atomic E-state index is 15.2. The molecule has 6 atom stereocenters. The van der Waals surface area contributed by atoms with Crippen molar-refractivity contribution in [2.24, 2.45) is 11.3 Å². The SMILES string of the molecule is COc1cc(C2CC(=O)CC(OC(C)=O)CCC3(C=CC=CC3C)Cc3c[nH]cc3CC(c3cccc(O)c3)C3=CCNC(=C3)N(CCC(C)=O)c3ccc4c5c(n2cc35)CCC4O)cc(O)c1Oc1cc(O)cc(Cc2ccccc2)c1. The monoisotopic (exact) mass is 1120 g/mol. The number of allylic oxidation sites excluding steroid dienone is 6. The normalized spacial score (nSPS) is 21.8. The Bertz CT molecular complexity index is 3720. The topological polar surface area (TPSA) is 196 Å². The summed E-state index contributed by atoms with van der Waals surface area (Å²) >= 11 is 0. The number of aromatic nitrogens is 2. The number of phenols is 3. The van der Waals surface area contributed by atoms with Gasteiger partial charge >= 0.3 is 5.97 Å². The van der Waals surface area contributed by atoms with Crippen LogP contribution < -0.4 is 19.7 Å². The number of dihydropyridines is 1. The number of aromatic amines is 1. The zero-order chi connectivity index (χ0) is 57.9. The van der Waals surface area contributed by atoms with Gasteiger partial charge in [0.25, 0.3) is 0 Å². The van der Waals surface area contributed by atoms with E-state index in [9.17, 15) is 30.0 Å². The number of nitrogens with one attached hydrogen (secondary N) is 2. The molecule has 14 nitrogen and oxygen atoms in total. The van der Waals surface area contributed by atoms with Gasteiger partial charge in [-0.05, 0) is 156 Å². The highest BCUT2D eigenvalue weighted by atomic mass is 16.5. The van der Waals surface area contributed by atoms with E-state index in [2.05, 4.69) is 81.6 Å². The average molecular weight is 1120 g/mol. The van der Waals surface area contributed by atoms with E-state index in [1.807, 2.05) is 60.8 Å². The summed E-state index contributed by atoms with van der Waals surface area (Å²) in [7, 11) is 1.48. The maximum Gasteiger partial charge on any atom is 0.302 e. The molecule has 0 saturated carbocycles. The standard InChI is InChI=1S/C69H72N4O10/c1-42-11-8-9-23-69(42)24-20-55(82-44(3)75)35-54(78)37-62(49-32-64(80)68(65(33-49)81-4)83-56-29-46(28-53(77)36-56)27-45-12-6-5-7-13-45)73-41-59-60(17-16-57-63(79)19-18-61(73)67(57)59)72(26-22-43(2)74)66-34-48(21-25-71-66)58(47-14-10-15-52(76)30-47)31-50-39-70-40-51(50)38-69/h5-17,21,23,28-30,32-34,36,39-42,55,58,62-63,70-71,76-77,79-80H,18-20,22,24-27,31,35,37-38H2,1-4H3. The molecule has 4 heterocycles. The van der Waals surface area contributed by atoms with Crippen molar-refractivity contribution >= 4 is 34.0 Å². The average Bonchev–Trinajstić information content (AvgIpc) is 2.01. The Morgan fingerprint density at radius 1 is 0.843 bits per heavy atom. The molecule has 83 heavy (non-hydrogen) atoms. The molecule has 1 spiro atoms. The lowest BCUT2D eigenvalue weighted by atomic mass is 9.66. The number of methoxy groups -OCH3 is 1. The van der Waals surface area contributed by atoms with Crippen LogP contribution in [0.15, 0.2) is 164 Å². The number of ether oxygens (including phenoxy) is 3. The molecule has 6 unspecified atom stereocenters. The molecule has 14 heteroatoms. The third-order valence-electron chi connectivity index (χ3n) is 17.3. The number of carbonyl (C=O) groups is 3. The summed E-state index contributed by atoms with van der Waals surface area (Å²) in [5, 5.41) is 51.1. The lowest BCUT2D eigenvalue weighted by Gasteiger charge is -2.38. The van der Waals surface area contributed by atoms with Crippen molar-refractivity contribution in [2.45, 2.75) is 109 Å². The fraction of sp³-hybridized carbons (Fsp3) is 0.319. The first-order valence-electron chi connectivity index (χ1n) is 28.8. The molecule has 0 saturated heterocycles. The van der Waals surface area contributed by atoms with Gasteiger partial charge in [0.1, 0.15) is 40.7 Å². The molecule has 5 aromatic carbocycles. The number of nitrogens with zero attached hydrogens (tertiary/aromatic N) is 2. The number of esters is 1. The molecule has 2 aliphatic heterocycles. The Kier molecular flexibility index (Phi) is 16.2. The van der Waals surface area contributed by atoms with Gasteiger partial charge in [0.2, 0.25) is 5.75 Å². The molecule has 6 N–H and O–H groups in total. The number of aliphatic hydroxyl groups is 1. The number of Topliss-reactive ketones (excluding diaryl/α,β-unsaturated/α-hetero) is 2. The first kappa shape index (κ1) is 56.1. The molecule has 0 radical (unpaired) electrons. The number of anilines is 1. The highest BCUT2D eigenvalue weighted by Crippen LogP contribution is 2.49. The molecule has 7 aromatic rings. The highest BCUT2D eigenvalue weighted by Gasteiger charge is 2.38. The molecule has 4 aliphatic rings. The van der Waals surface area contributed by atoms with Gasteiger partial charge in [-0.15, -0.1) is 0 Å². The zero-order valence-corrected chi connectivity index (χ0v) is 47.4. The number of hydrogen-bond acceptors (Lipinski definition) is 12. The fourth-order valence-electron chi connectivity index (χ4n) is 13.1. The van der Waals surface area contributed by atoms with Crippen LogP contribution in [0.25, 0.3) is 10.8 Å². The molecule has 0 fully saturated rings. The van der Waals surface area contributed by atoms with E-state index in [4.69, 9.17) is 14.2 Å². The quantitative estimate of drug-likeness (QED) is 0.0672. The molecule has 4 bridgehead atoms. The minimum Gasteiger partial charge on any atom is -0.508 e. The van der Waals surface area contributed by atoms with Crippen LogP contribution in [0.2, 0.25) is 0 Å². The van der Waals surface area contributed by atoms with Crippen LogP contribution in [-0.4, -0.2) is 73.8 Å². The van der Waals surface area contributed by atoms with Gasteiger partial charge in [-0.3, -0.25) is 14.4 Å². The van der Waals surface area contributed by atoms with Crippen molar-refractivity contribution in [1.29, 1.82) is 0 Å². The summed E-state index contributed by atoms with van der Waals surface area (Å²) in [5.74, 6) is 0.364. The Morgan fingerprint density at radius 2 is 1.67 bits per heavy atom. The van der Waals surface area contributed by atoms with Gasteiger partial charge in [0.15, 0.2) is 11.5 Å². The minimum atomic E-state index is -0.779. The fourth-order valence-corrected chi connectivity index (χ4v) is 13.1. The highest BCUT2D eigenvalue weighted by molar-refractivity contribution is 6.00. The second-order valence-electron chi connectivity index (χ2n) is 22.9. The Hall–Kier alpha value is -8.75. The summed E-state index contributed by atoms with van der Waals surface area (Å²) < 4.78 is 20.6. The van der Waals surface area contributed by atoms with Crippen LogP contribution in [0, 0.1) is 11.3 Å². The summed E-state index contributed by atoms with van der Waals surface area (Å²) in [6, 6.07) is 28.8. The molecule has 11 rings (SSSR count). The first-order valence-corrected chi connectivity index (χ1v) is 28.8. The van der Waals surface area contributed by atoms with E-state index >= 15 is 4.79 Å². The van der Waals surface area contributed by atoms with E-state index in [1.165, 1.54) is 20.1 Å². The number of aryl methyl sites for hydroxylation is 1. The van der Waals surface area contributed by atoms with Gasteiger partial charge in [0.05, 0.1) is 24.9 Å². The molecular weight excluding hydrogens is 1040 g/mol. The molecule has 0 amide bonds. The number of aromatic hydroxyl groups is 3. The van der Waals surface area contributed by atoms with Gasteiger partial charge < -0.3 is 54.4 Å². The number of aliphatic hydroxyl groups excluding tert-OH is 1. The molecular formula is C69H72N4O10. The maximum absolute atomic E-state index is 15.2. The van der Waals surface area contributed by atoms with Crippen molar-refractivity contribution in [1.82, 2.24) is 14.9 Å². The Labute approximate surface area is 484 Å². The third-order valence-corrected chi connectivity index (χ3v) is 17.3. The van der Waals surface area contributed by atoms with Crippen molar-refractivity contribution in [3.8, 4) is 34.5 Å². The van der Waals surface area contributed by atoms with Crippen molar-refractivity contribution in [2.75, 3.05) is 25.1 Å². The summed E-state index contributed by atoms with van der Waals surface area (Å²) in [5.41, 5.74) is 8.56. The van der Waals surface area contributed by atoms with E-state index in [-0.39, 0.29) is 77.2 Å². The predicted molar refractivity (Wildman–Crippen MR) is 320 cm³/mol. The van der Waals surface area contributed by atoms with Gasteiger partial charge in [0, 0.05) is 86.3 Å². The first-order chi connectivity index (χ1) is 40.1. The largest absolute Gasteiger partial charge is 0.508 e. The number of phenolic OH excluding ortho intramolecular Hbond substituents is 3. The summed E-state index contributed by atoms with van der Waals surface area (Å²) in [6.07, 6.45) is 21.3. The van der Waals surface area contributed by atoms with E-state index in [0.717, 1.165) is 66.9 Å². The predicted octanol–water partition coefficient (Wildman–Crippen LogP) is 12.6. The van der Waals surface area contributed by atoms with E-state index in [1.54, 1.807) is 37.3 Å². The number of ketones is 2. The smallest absolute Gasteiger partial charge is 0.302 e. The lowest BCUT2D eigenvalue weighted by molar-refractivity contribution is -0.148. The van der Waals surface area contributed by atoms with Crippen molar-refractivity contribution in [3.63, 3.8) is 0 Å². The molecule has 2 aromatic heterocycles. The van der Waals surface area contributed by atoms with Gasteiger partial charge in [-0.25, -0.2) is 0 Å². The second-order valence-corrected chi connectivity index (χ2v) is 22.9. The van der Waals surface area contributed by atoms with Crippen LogP contribution in [-0.2, 0) is 44.8 Å². The van der Waals surface area contributed by atoms with Crippen LogP contribution in [0.4, 0.5) is 5.69 Å². The number of H-pyrrole nitrogens is 1. The van der Waals surface area contributed by atoms with E-state index < -0.39 is 29.6 Å². The molecule has 428 valence electrons. The number of fused-ring (bicyclic) bond motifs is 4. The zero-order valence-electron chi connectivity index (χ0n) is 47.4. The number of rotatable bonds is 11. The molecule has 2 aliphatic carbocycles. The second kappa shape index (κ2) is 24.0. The van der Waals surface area contributed by atoms with Gasteiger partial charge in [-0.1, -0.05) is 85.8 Å². The summed E-state index contributed by atoms with van der Waals surface area (Å²) in [4.78, 5) is 46.9. The van der Waals surface area contributed by atoms with Crippen molar-refractivity contribution < 1.29 is 49.0 Å².